The predicted molar refractivity (Wildman–Crippen MR) is 74.1 cm³/mol. The van der Waals surface area contributed by atoms with E-state index >= 15 is 0 Å². The highest BCUT2D eigenvalue weighted by molar-refractivity contribution is 9.10. The highest BCUT2D eigenvalue weighted by Crippen LogP contribution is 2.20. The van der Waals surface area contributed by atoms with Gasteiger partial charge in [0, 0.05) is 6.07 Å². The van der Waals surface area contributed by atoms with Gasteiger partial charge in [-0.3, -0.25) is 4.79 Å². The van der Waals surface area contributed by atoms with Gasteiger partial charge in [-0.1, -0.05) is 17.7 Å². The molecule has 0 aliphatic heterocycles. The van der Waals surface area contributed by atoms with E-state index < -0.39 is 11.7 Å². The van der Waals surface area contributed by atoms with Crippen LogP contribution in [0.3, 0.4) is 0 Å². The van der Waals surface area contributed by atoms with Gasteiger partial charge in [0.05, 0.1) is 10.0 Å². The van der Waals surface area contributed by atoms with Crippen molar-refractivity contribution in [1.29, 1.82) is 0 Å². The van der Waals surface area contributed by atoms with Crippen molar-refractivity contribution in [3.63, 3.8) is 0 Å². The van der Waals surface area contributed by atoms with Gasteiger partial charge in [0.25, 0.3) is 5.91 Å². The van der Waals surface area contributed by atoms with Crippen molar-refractivity contribution in [2.24, 2.45) is 0 Å². The van der Waals surface area contributed by atoms with Gasteiger partial charge in [-0.15, -0.1) is 0 Å². The molecule has 0 atom stereocenters. The quantitative estimate of drug-likeness (QED) is 0.648. The molecule has 0 aliphatic carbocycles. The molecule has 0 saturated heterocycles. The monoisotopic (exact) mass is 363 g/mol. The first-order valence-corrected chi connectivity index (χ1v) is 6.47. The molecule has 1 amide bonds. The molecule has 0 saturated carbocycles. The molecule has 8 heteroatoms. The van der Waals surface area contributed by atoms with Crippen LogP contribution in [-0.4, -0.2) is 15.9 Å². The Morgan fingerprint density at radius 3 is 2.74 bits per heavy atom. The number of hydrogen-bond donors (Lipinski definition) is 1. The van der Waals surface area contributed by atoms with Gasteiger partial charge in [-0.2, -0.15) is 0 Å². The van der Waals surface area contributed by atoms with Crippen LogP contribution in [0.1, 0.15) is 10.4 Å². The summed E-state index contributed by atoms with van der Waals surface area (Å²) in [5.41, 5.74) is -0.125. The molecule has 19 heavy (non-hydrogen) atoms. The molecule has 1 N–H and O–H groups in total. The lowest BCUT2D eigenvalue weighted by Gasteiger charge is -2.06. The summed E-state index contributed by atoms with van der Waals surface area (Å²) in [5, 5.41) is 2.35. The van der Waals surface area contributed by atoms with Gasteiger partial charge < -0.3 is 5.32 Å². The van der Waals surface area contributed by atoms with E-state index in [-0.39, 0.29) is 26.3 Å². The number of benzene rings is 1. The van der Waals surface area contributed by atoms with E-state index in [1.54, 1.807) is 6.07 Å². The van der Waals surface area contributed by atoms with Crippen molar-refractivity contribution in [1.82, 2.24) is 9.97 Å². The molecule has 0 spiro atoms. The Kier molecular flexibility index (Phi) is 4.34. The second-order valence-corrected chi connectivity index (χ2v) is 4.98. The third-order valence-corrected chi connectivity index (χ3v) is 3.08. The second kappa shape index (κ2) is 5.81. The minimum absolute atomic E-state index is 0.0741. The summed E-state index contributed by atoms with van der Waals surface area (Å²) in [5.74, 6) is -1.23. The fourth-order valence-corrected chi connectivity index (χ4v) is 2.09. The Morgan fingerprint density at radius 1 is 1.32 bits per heavy atom. The number of halogens is 4. The van der Waals surface area contributed by atoms with Gasteiger partial charge in [0.15, 0.2) is 0 Å². The van der Waals surface area contributed by atoms with Crippen molar-refractivity contribution in [2.75, 3.05) is 5.32 Å². The average Bonchev–Trinajstić information content (AvgIpc) is 2.31. The summed E-state index contributed by atoms with van der Waals surface area (Å²) in [7, 11) is 0. The maximum absolute atomic E-state index is 13.7. The molecule has 98 valence electrons. The number of carbonyl (C=O) groups is 1. The fourth-order valence-electron chi connectivity index (χ4n) is 1.32. The number of amides is 1. The normalized spacial score (nSPS) is 10.3. The fraction of sp³-hybridized carbons (Fsp3) is 0. The van der Waals surface area contributed by atoms with Crippen LogP contribution in [-0.2, 0) is 0 Å². The van der Waals surface area contributed by atoms with Crippen LogP contribution < -0.4 is 5.32 Å². The molecule has 0 aliphatic rings. The second-order valence-electron chi connectivity index (χ2n) is 3.40. The van der Waals surface area contributed by atoms with E-state index in [4.69, 9.17) is 23.2 Å². The van der Waals surface area contributed by atoms with Crippen molar-refractivity contribution in [2.45, 2.75) is 0 Å². The Labute approximate surface area is 126 Å². The van der Waals surface area contributed by atoms with Crippen LogP contribution in [0.5, 0.6) is 0 Å². The van der Waals surface area contributed by atoms with Crippen molar-refractivity contribution < 1.29 is 9.18 Å². The third-order valence-electron chi connectivity index (χ3n) is 2.11. The SMILES string of the molecule is O=C(Nc1cc(Cl)nc(Cl)n1)c1cccc(Br)c1F. The summed E-state index contributed by atoms with van der Waals surface area (Å²) in [6, 6.07) is 5.69. The zero-order chi connectivity index (χ0) is 14.0. The molecule has 2 aromatic rings. The maximum Gasteiger partial charge on any atom is 0.259 e. The number of nitrogens with zero attached hydrogens (tertiary/aromatic N) is 2. The number of hydrogen-bond acceptors (Lipinski definition) is 3. The first-order valence-electron chi connectivity index (χ1n) is 4.93. The van der Waals surface area contributed by atoms with E-state index in [0.717, 1.165) is 0 Å². The number of anilines is 1. The van der Waals surface area contributed by atoms with Crippen LogP contribution in [0.2, 0.25) is 10.4 Å². The van der Waals surface area contributed by atoms with E-state index in [1.807, 2.05) is 0 Å². The number of carbonyl (C=O) groups excluding carboxylic acids is 1. The summed E-state index contributed by atoms with van der Waals surface area (Å²) in [4.78, 5) is 19.3. The number of nitrogens with one attached hydrogen (secondary N) is 1. The minimum atomic E-state index is -0.662. The Morgan fingerprint density at radius 2 is 2.05 bits per heavy atom. The Bertz CT molecular complexity index is 634. The van der Waals surface area contributed by atoms with Gasteiger partial charge >= 0.3 is 0 Å². The molecular weight excluding hydrogens is 360 g/mol. The van der Waals surface area contributed by atoms with Gasteiger partial charge in [0.1, 0.15) is 16.8 Å². The Hall–Kier alpha value is -1.24. The topological polar surface area (TPSA) is 54.9 Å². The molecule has 2 rings (SSSR count). The highest BCUT2D eigenvalue weighted by atomic mass is 79.9. The maximum atomic E-state index is 13.7. The van der Waals surface area contributed by atoms with Gasteiger partial charge in [-0.25, -0.2) is 14.4 Å². The van der Waals surface area contributed by atoms with E-state index in [9.17, 15) is 9.18 Å². The predicted octanol–water partition coefficient (Wildman–Crippen LogP) is 3.94. The first-order chi connectivity index (χ1) is 8.97. The lowest BCUT2D eigenvalue weighted by molar-refractivity contribution is 0.102. The lowest BCUT2D eigenvalue weighted by atomic mass is 10.2. The first kappa shape index (κ1) is 14.2. The average molecular weight is 365 g/mol. The smallest absolute Gasteiger partial charge is 0.259 e. The van der Waals surface area contributed by atoms with Crippen LogP contribution >= 0.6 is 39.1 Å². The summed E-state index contributed by atoms with van der Waals surface area (Å²) in [6.45, 7) is 0. The molecule has 0 radical (unpaired) electrons. The van der Waals surface area contributed by atoms with Gasteiger partial charge in [0.2, 0.25) is 5.28 Å². The molecule has 0 fully saturated rings. The van der Waals surface area contributed by atoms with Crippen LogP contribution in [0.25, 0.3) is 0 Å². The molecule has 0 unspecified atom stereocenters. The summed E-state index contributed by atoms with van der Waals surface area (Å²) >= 11 is 14.3. The lowest BCUT2D eigenvalue weighted by Crippen LogP contribution is -2.15. The molecule has 1 aromatic heterocycles. The molecular formula is C11H5BrCl2FN3O. The summed E-state index contributed by atoms with van der Waals surface area (Å²) < 4.78 is 13.9. The Balaban J connectivity index is 2.28. The van der Waals surface area contributed by atoms with Gasteiger partial charge in [-0.05, 0) is 39.7 Å². The largest absolute Gasteiger partial charge is 0.306 e. The molecule has 1 aromatic carbocycles. The molecule has 4 nitrogen and oxygen atoms in total. The van der Waals surface area contributed by atoms with E-state index in [0.29, 0.717) is 0 Å². The van der Waals surface area contributed by atoms with Crippen molar-refractivity contribution in [3.8, 4) is 0 Å². The van der Waals surface area contributed by atoms with Crippen LogP contribution in [0, 0.1) is 5.82 Å². The third kappa shape index (κ3) is 3.40. The minimum Gasteiger partial charge on any atom is -0.306 e. The van der Waals surface area contributed by atoms with E-state index in [1.165, 1.54) is 18.2 Å². The number of aromatic nitrogens is 2. The number of rotatable bonds is 2. The van der Waals surface area contributed by atoms with Crippen molar-refractivity contribution in [3.05, 3.63) is 50.6 Å². The standard InChI is InChI=1S/C11H5BrCl2FN3O/c12-6-3-1-2-5(9(6)15)10(19)17-8-4-7(13)16-11(14)18-8/h1-4H,(H,16,17,18,19). The zero-order valence-corrected chi connectivity index (χ0v) is 12.2. The highest BCUT2D eigenvalue weighted by Gasteiger charge is 2.15. The zero-order valence-electron chi connectivity index (χ0n) is 9.12. The molecule has 0 bridgehead atoms. The van der Waals surface area contributed by atoms with Crippen LogP contribution in [0.15, 0.2) is 28.7 Å². The van der Waals surface area contributed by atoms with Crippen molar-refractivity contribution >= 4 is 50.9 Å². The molecule has 1 heterocycles. The van der Waals surface area contributed by atoms with Crippen LogP contribution in [0.4, 0.5) is 10.2 Å². The summed E-state index contributed by atoms with van der Waals surface area (Å²) in [6.07, 6.45) is 0. The van der Waals surface area contributed by atoms with E-state index in [2.05, 4.69) is 31.2 Å².